The number of carbonyl (C=O) groups excluding carboxylic acids is 1. The van der Waals surface area contributed by atoms with Crippen LogP contribution in [0.2, 0.25) is 0 Å². The first-order chi connectivity index (χ1) is 8.17. The Balaban J connectivity index is 2.88. The van der Waals surface area contributed by atoms with E-state index in [4.69, 9.17) is 9.84 Å². The lowest BCUT2D eigenvalue weighted by atomic mass is 10.0. The van der Waals surface area contributed by atoms with Gasteiger partial charge in [0, 0.05) is 7.11 Å². The second-order valence-corrected chi connectivity index (χ2v) is 3.61. The molecule has 5 heteroatoms. The van der Waals surface area contributed by atoms with Gasteiger partial charge in [-0.25, -0.2) is 0 Å². The van der Waals surface area contributed by atoms with E-state index >= 15 is 0 Å². The van der Waals surface area contributed by atoms with Crippen LogP contribution in [0, 0.1) is 0 Å². The summed E-state index contributed by atoms with van der Waals surface area (Å²) in [6.45, 7) is 0.453. The lowest BCUT2D eigenvalue weighted by Crippen LogP contribution is -2.22. The molecule has 1 aromatic rings. The highest BCUT2D eigenvalue weighted by atomic mass is 16.5. The van der Waals surface area contributed by atoms with Gasteiger partial charge in [-0.15, -0.1) is 0 Å². The van der Waals surface area contributed by atoms with E-state index < -0.39 is 12.0 Å². The van der Waals surface area contributed by atoms with Gasteiger partial charge in [-0.05, 0) is 11.1 Å². The molecule has 0 aliphatic rings. The Morgan fingerprint density at radius 3 is 2.94 bits per heavy atom. The zero-order valence-electron chi connectivity index (χ0n) is 9.55. The fraction of sp³-hybridized carbons (Fsp3) is 0.333. The fourth-order valence-corrected chi connectivity index (χ4v) is 1.60. The molecule has 0 saturated carbocycles. The molecule has 1 aromatic carbocycles. The van der Waals surface area contributed by atoms with Gasteiger partial charge in [0.1, 0.15) is 0 Å². The molecule has 0 fully saturated rings. The van der Waals surface area contributed by atoms with E-state index in [1.54, 1.807) is 13.2 Å². The van der Waals surface area contributed by atoms with Crippen LogP contribution in [0.1, 0.15) is 23.6 Å². The second-order valence-electron chi connectivity index (χ2n) is 3.61. The van der Waals surface area contributed by atoms with E-state index in [9.17, 15) is 9.59 Å². The first-order valence-corrected chi connectivity index (χ1v) is 5.16. The molecule has 5 nitrogen and oxygen atoms in total. The Hall–Kier alpha value is -1.88. The van der Waals surface area contributed by atoms with E-state index in [0.717, 1.165) is 11.1 Å². The van der Waals surface area contributed by atoms with Crippen LogP contribution in [0.25, 0.3) is 0 Å². The predicted molar refractivity (Wildman–Crippen MR) is 61.3 cm³/mol. The van der Waals surface area contributed by atoms with Gasteiger partial charge in [0.25, 0.3) is 0 Å². The van der Waals surface area contributed by atoms with Crippen molar-refractivity contribution in [3.05, 3.63) is 35.4 Å². The molecule has 0 aromatic heterocycles. The highest BCUT2D eigenvalue weighted by Gasteiger charge is 2.14. The number of methoxy groups -OCH3 is 1. The third-order valence-electron chi connectivity index (χ3n) is 2.31. The number of nitrogens with one attached hydrogen (secondary N) is 1. The highest BCUT2D eigenvalue weighted by Crippen LogP contribution is 2.18. The largest absolute Gasteiger partial charge is 0.481 e. The molecule has 1 rings (SSSR count). The number of hydrogen-bond acceptors (Lipinski definition) is 3. The van der Waals surface area contributed by atoms with E-state index in [2.05, 4.69) is 5.32 Å². The summed E-state index contributed by atoms with van der Waals surface area (Å²) in [5.41, 5.74) is 1.70. The van der Waals surface area contributed by atoms with Crippen LogP contribution in [0.4, 0.5) is 0 Å². The van der Waals surface area contributed by atoms with Crippen molar-refractivity contribution in [1.29, 1.82) is 0 Å². The van der Waals surface area contributed by atoms with Gasteiger partial charge in [-0.1, -0.05) is 24.3 Å². The Bertz CT molecular complexity index is 392. The van der Waals surface area contributed by atoms with Crippen molar-refractivity contribution >= 4 is 12.4 Å². The fourth-order valence-electron chi connectivity index (χ4n) is 1.60. The molecule has 0 bridgehead atoms. The highest BCUT2D eigenvalue weighted by molar-refractivity contribution is 5.68. The lowest BCUT2D eigenvalue weighted by Gasteiger charge is -2.15. The van der Waals surface area contributed by atoms with Crippen molar-refractivity contribution in [2.75, 3.05) is 7.11 Å². The van der Waals surface area contributed by atoms with Crippen LogP contribution in [-0.4, -0.2) is 24.6 Å². The SMILES string of the molecule is COCc1cccc([C@H](CC(=O)O)NC=O)c1. The van der Waals surface area contributed by atoms with E-state index in [1.807, 2.05) is 18.2 Å². The van der Waals surface area contributed by atoms with Gasteiger partial charge in [0.05, 0.1) is 19.1 Å². The van der Waals surface area contributed by atoms with E-state index in [0.29, 0.717) is 13.0 Å². The van der Waals surface area contributed by atoms with Gasteiger partial charge in [0.15, 0.2) is 0 Å². The van der Waals surface area contributed by atoms with Crippen LogP contribution in [-0.2, 0) is 20.9 Å². The van der Waals surface area contributed by atoms with Crippen molar-refractivity contribution in [2.24, 2.45) is 0 Å². The summed E-state index contributed by atoms with van der Waals surface area (Å²) in [5.74, 6) is -0.957. The standard InChI is InChI=1S/C12H15NO4/c1-17-7-9-3-2-4-10(5-9)11(13-8-14)6-12(15)16/h2-5,8,11H,6-7H2,1H3,(H,13,14)(H,15,16)/t11-/m0/s1. The molecule has 92 valence electrons. The third-order valence-corrected chi connectivity index (χ3v) is 2.31. The maximum absolute atomic E-state index is 10.7. The summed E-state index contributed by atoms with van der Waals surface area (Å²) in [5, 5.41) is 11.3. The molecule has 0 spiro atoms. The minimum absolute atomic E-state index is 0.144. The minimum Gasteiger partial charge on any atom is -0.481 e. The van der Waals surface area contributed by atoms with Crippen LogP contribution in [0.15, 0.2) is 24.3 Å². The quantitative estimate of drug-likeness (QED) is 0.696. The van der Waals surface area contributed by atoms with E-state index in [-0.39, 0.29) is 6.42 Å². The van der Waals surface area contributed by atoms with Crippen molar-refractivity contribution in [3.63, 3.8) is 0 Å². The Labute approximate surface area is 99.4 Å². The topological polar surface area (TPSA) is 75.6 Å². The summed E-state index contributed by atoms with van der Waals surface area (Å²) >= 11 is 0. The molecule has 1 amide bonds. The molecule has 2 N–H and O–H groups in total. The summed E-state index contributed by atoms with van der Waals surface area (Å²) in [7, 11) is 1.59. The average molecular weight is 237 g/mol. The van der Waals surface area contributed by atoms with E-state index in [1.165, 1.54) is 0 Å². The summed E-state index contributed by atoms with van der Waals surface area (Å²) in [6, 6.07) is 6.79. The summed E-state index contributed by atoms with van der Waals surface area (Å²) in [4.78, 5) is 21.1. The van der Waals surface area contributed by atoms with Gasteiger partial charge < -0.3 is 15.2 Å². The molecule has 1 atom stereocenters. The average Bonchev–Trinajstić information content (AvgIpc) is 2.29. The molecule has 0 radical (unpaired) electrons. The number of hydrogen-bond donors (Lipinski definition) is 2. The summed E-state index contributed by atoms with van der Waals surface area (Å²) < 4.78 is 5.00. The number of aliphatic carboxylic acids is 1. The first kappa shape index (κ1) is 13.2. The molecule has 0 aliphatic heterocycles. The zero-order valence-corrected chi connectivity index (χ0v) is 9.55. The molecule has 0 aliphatic carbocycles. The van der Waals surface area contributed by atoms with Crippen LogP contribution in [0.5, 0.6) is 0 Å². The maximum Gasteiger partial charge on any atom is 0.305 e. The monoisotopic (exact) mass is 237 g/mol. The van der Waals surface area contributed by atoms with Crippen LogP contribution in [0.3, 0.4) is 0 Å². The van der Waals surface area contributed by atoms with Gasteiger partial charge in [0.2, 0.25) is 6.41 Å². The molecular weight excluding hydrogens is 222 g/mol. The van der Waals surface area contributed by atoms with Gasteiger partial charge in [-0.2, -0.15) is 0 Å². The van der Waals surface area contributed by atoms with Crippen molar-refractivity contribution in [3.8, 4) is 0 Å². The van der Waals surface area contributed by atoms with Gasteiger partial charge >= 0.3 is 5.97 Å². The van der Waals surface area contributed by atoms with Crippen molar-refractivity contribution in [1.82, 2.24) is 5.32 Å². The van der Waals surface area contributed by atoms with Crippen molar-refractivity contribution in [2.45, 2.75) is 19.1 Å². The zero-order chi connectivity index (χ0) is 12.7. The first-order valence-electron chi connectivity index (χ1n) is 5.16. The summed E-state index contributed by atoms with van der Waals surface area (Å²) in [6.07, 6.45) is 0.367. The molecule has 0 heterocycles. The number of benzene rings is 1. The molecule has 0 saturated heterocycles. The number of carboxylic acids is 1. The number of carbonyl (C=O) groups is 2. The number of rotatable bonds is 7. The molecule has 0 unspecified atom stereocenters. The predicted octanol–water partition coefficient (Wildman–Crippen LogP) is 1.09. The molecular formula is C12H15NO4. The second kappa shape index (κ2) is 6.65. The minimum atomic E-state index is -0.957. The molecule has 17 heavy (non-hydrogen) atoms. The number of ether oxygens (including phenoxy) is 1. The van der Waals surface area contributed by atoms with Gasteiger partial charge in [-0.3, -0.25) is 9.59 Å². The Kier molecular flexibility index (Phi) is 5.16. The Morgan fingerprint density at radius 2 is 2.35 bits per heavy atom. The van der Waals surface area contributed by atoms with Crippen LogP contribution < -0.4 is 5.32 Å². The number of amides is 1. The Morgan fingerprint density at radius 1 is 1.59 bits per heavy atom. The third kappa shape index (κ3) is 4.24. The number of carboxylic acid groups (broad SMARTS) is 1. The lowest BCUT2D eigenvalue weighted by molar-refractivity contribution is -0.137. The smallest absolute Gasteiger partial charge is 0.305 e. The van der Waals surface area contributed by atoms with Crippen LogP contribution >= 0.6 is 0 Å². The normalized spacial score (nSPS) is 11.8. The van der Waals surface area contributed by atoms with Crippen molar-refractivity contribution < 1.29 is 19.4 Å². The maximum atomic E-state index is 10.7.